The van der Waals surface area contributed by atoms with Crippen LogP contribution in [-0.2, 0) is 10.0 Å². The van der Waals surface area contributed by atoms with Crippen molar-refractivity contribution in [2.24, 2.45) is 0 Å². The van der Waals surface area contributed by atoms with Crippen molar-refractivity contribution < 1.29 is 8.42 Å². The van der Waals surface area contributed by atoms with E-state index in [0.717, 1.165) is 6.42 Å². The number of anilines is 3. The number of nitrogens with one attached hydrogen (secondary N) is 2. The van der Waals surface area contributed by atoms with Gasteiger partial charge in [0, 0.05) is 0 Å². The van der Waals surface area contributed by atoms with Crippen LogP contribution < -0.4 is 10.0 Å². The molecule has 2 rings (SSSR count). The number of rotatable bonds is 7. The monoisotopic (exact) mass is 330 g/mol. The highest BCUT2D eigenvalue weighted by Crippen LogP contribution is 2.20. The Morgan fingerprint density at radius 3 is 2.65 bits per heavy atom. The van der Waals surface area contributed by atoms with E-state index in [1.54, 1.807) is 30.3 Å². The van der Waals surface area contributed by atoms with E-state index in [-0.39, 0.29) is 5.75 Å². The van der Waals surface area contributed by atoms with Crippen LogP contribution in [0.3, 0.4) is 0 Å². The highest BCUT2D eigenvalue weighted by atomic mass is 32.2. The largest absolute Gasteiger partial charge is 0.339 e. The molecule has 0 saturated heterocycles. The minimum absolute atomic E-state index is 0.0963. The number of pyridine rings is 1. The fraction of sp³-hybridized carbons (Fsp3) is 0.250. The van der Waals surface area contributed by atoms with Crippen LogP contribution in [-0.4, -0.2) is 19.2 Å². The second-order valence-corrected chi connectivity index (χ2v) is 6.83. The summed E-state index contributed by atoms with van der Waals surface area (Å²) in [5, 5.41) is 12.1. The Balaban J connectivity index is 2.07. The zero-order valence-electron chi connectivity index (χ0n) is 12.8. The topological polar surface area (TPSA) is 94.9 Å². The van der Waals surface area contributed by atoms with E-state index in [0.29, 0.717) is 29.2 Å². The van der Waals surface area contributed by atoms with Gasteiger partial charge in [0.25, 0.3) is 0 Å². The lowest BCUT2D eigenvalue weighted by molar-refractivity contribution is 0.598. The first-order valence-corrected chi connectivity index (χ1v) is 8.92. The van der Waals surface area contributed by atoms with Crippen molar-refractivity contribution in [3.8, 4) is 6.07 Å². The molecule has 6 nitrogen and oxygen atoms in total. The predicted octanol–water partition coefficient (Wildman–Crippen LogP) is 3.24. The lowest BCUT2D eigenvalue weighted by Crippen LogP contribution is -2.16. The smallest absolute Gasteiger partial charge is 0.232 e. The van der Waals surface area contributed by atoms with Crippen LogP contribution >= 0.6 is 0 Å². The van der Waals surface area contributed by atoms with E-state index in [1.807, 2.05) is 13.0 Å². The van der Waals surface area contributed by atoms with Gasteiger partial charge in [-0.15, -0.1) is 0 Å². The van der Waals surface area contributed by atoms with E-state index in [2.05, 4.69) is 21.1 Å². The molecule has 1 aromatic carbocycles. The molecule has 0 amide bonds. The maximum atomic E-state index is 11.8. The zero-order valence-corrected chi connectivity index (χ0v) is 13.6. The average Bonchev–Trinajstić information content (AvgIpc) is 2.55. The average molecular weight is 330 g/mol. The van der Waals surface area contributed by atoms with E-state index in [4.69, 9.17) is 5.26 Å². The van der Waals surface area contributed by atoms with Crippen molar-refractivity contribution in [1.82, 2.24) is 4.98 Å². The summed E-state index contributed by atoms with van der Waals surface area (Å²) in [7, 11) is -3.33. The molecule has 120 valence electrons. The molecule has 0 saturated carbocycles. The van der Waals surface area contributed by atoms with E-state index in [1.165, 1.54) is 6.20 Å². The third-order valence-electron chi connectivity index (χ3n) is 3.11. The standard InChI is InChI=1S/C16H18N4O2S/c1-2-3-10-23(21,22)20-14-8-9-16(18-12-14)19-15-7-5-4-6-13(15)11-17/h4-9,12,20H,2-3,10H2,1H3,(H,18,19). The Labute approximate surface area is 136 Å². The van der Waals surface area contributed by atoms with Crippen LogP contribution in [0.15, 0.2) is 42.6 Å². The third-order valence-corrected chi connectivity index (χ3v) is 4.49. The SMILES string of the molecule is CCCCS(=O)(=O)Nc1ccc(Nc2ccccc2C#N)nc1. The number of nitriles is 1. The number of hydrogen-bond acceptors (Lipinski definition) is 5. The Morgan fingerprint density at radius 1 is 1.22 bits per heavy atom. The van der Waals surface area contributed by atoms with Crippen LogP contribution in [0.5, 0.6) is 0 Å². The molecule has 0 unspecified atom stereocenters. The van der Waals surface area contributed by atoms with Gasteiger partial charge < -0.3 is 5.32 Å². The molecule has 0 aliphatic rings. The van der Waals surface area contributed by atoms with Crippen molar-refractivity contribution >= 4 is 27.2 Å². The van der Waals surface area contributed by atoms with Gasteiger partial charge in [-0.05, 0) is 30.7 Å². The highest BCUT2D eigenvalue weighted by molar-refractivity contribution is 7.92. The second-order valence-electron chi connectivity index (χ2n) is 4.99. The molecule has 2 N–H and O–H groups in total. The summed E-state index contributed by atoms with van der Waals surface area (Å²) in [5.41, 5.74) is 1.58. The van der Waals surface area contributed by atoms with Gasteiger partial charge in [0.1, 0.15) is 11.9 Å². The summed E-state index contributed by atoms with van der Waals surface area (Å²) in [4.78, 5) is 4.17. The summed E-state index contributed by atoms with van der Waals surface area (Å²) < 4.78 is 26.2. The summed E-state index contributed by atoms with van der Waals surface area (Å²) in [6, 6.07) is 12.5. The molecule has 0 radical (unpaired) electrons. The van der Waals surface area contributed by atoms with Crippen LogP contribution in [0.25, 0.3) is 0 Å². The summed E-state index contributed by atoms with van der Waals surface area (Å²) in [5.74, 6) is 0.628. The van der Waals surface area contributed by atoms with Gasteiger partial charge in [0.2, 0.25) is 10.0 Å². The summed E-state index contributed by atoms with van der Waals surface area (Å²) in [6.45, 7) is 1.94. The molecule has 7 heteroatoms. The Kier molecular flexibility index (Phi) is 5.55. The van der Waals surface area contributed by atoms with Crippen molar-refractivity contribution in [3.63, 3.8) is 0 Å². The summed E-state index contributed by atoms with van der Waals surface area (Å²) >= 11 is 0. The van der Waals surface area contributed by atoms with Crippen molar-refractivity contribution in [1.29, 1.82) is 5.26 Å². The number of nitrogens with zero attached hydrogens (tertiary/aromatic N) is 2. The lowest BCUT2D eigenvalue weighted by atomic mass is 10.2. The Hall–Kier alpha value is -2.59. The highest BCUT2D eigenvalue weighted by Gasteiger charge is 2.10. The van der Waals surface area contributed by atoms with Gasteiger partial charge in [-0.1, -0.05) is 25.5 Å². The first kappa shape index (κ1) is 16.8. The molecule has 23 heavy (non-hydrogen) atoms. The predicted molar refractivity (Wildman–Crippen MR) is 91.0 cm³/mol. The van der Waals surface area contributed by atoms with Gasteiger partial charge in [-0.2, -0.15) is 5.26 Å². The quantitative estimate of drug-likeness (QED) is 0.812. The van der Waals surface area contributed by atoms with Gasteiger partial charge >= 0.3 is 0 Å². The number of sulfonamides is 1. The number of para-hydroxylation sites is 1. The Bertz CT molecular complexity index is 796. The molecule has 0 aliphatic heterocycles. The second kappa shape index (κ2) is 7.61. The molecule has 0 atom stereocenters. The van der Waals surface area contributed by atoms with Gasteiger partial charge in [-0.25, -0.2) is 13.4 Å². The van der Waals surface area contributed by atoms with E-state index < -0.39 is 10.0 Å². The fourth-order valence-electron chi connectivity index (χ4n) is 1.92. The normalized spacial score (nSPS) is 10.8. The van der Waals surface area contributed by atoms with Crippen molar-refractivity contribution in [2.75, 3.05) is 15.8 Å². The summed E-state index contributed by atoms with van der Waals surface area (Å²) in [6.07, 6.45) is 2.88. The molecule has 0 fully saturated rings. The molecule has 0 aliphatic carbocycles. The van der Waals surface area contributed by atoms with Gasteiger partial charge in [-0.3, -0.25) is 4.72 Å². The molecule has 0 spiro atoms. The molecule has 2 aromatic rings. The number of unbranched alkanes of at least 4 members (excludes halogenated alkanes) is 1. The van der Waals surface area contributed by atoms with Gasteiger partial charge in [0.05, 0.1) is 28.9 Å². The lowest BCUT2D eigenvalue weighted by Gasteiger charge is -2.09. The minimum atomic E-state index is -3.33. The van der Waals surface area contributed by atoms with Crippen LogP contribution in [0, 0.1) is 11.3 Å². The number of aromatic nitrogens is 1. The Morgan fingerprint density at radius 2 is 2.00 bits per heavy atom. The van der Waals surface area contributed by atoms with Crippen LogP contribution in [0.1, 0.15) is 25.3 Å². The van der Waals surface area contributed by atoms with Crippen molar-refractivity contribution in [3.05, 3.63) is 48.2 Å². The van der Waals surface area contributed by atoms with Crippen LogP contribution in [0.2, 0.25) is 0 Å². The van der Waals surface area contributed by atoms with E-state index >= 15 is 0 Å². The maximum Gasteiger partial charge on any atom is 0.232 e. The molecule has 1 aromatic heterocycles. The fourth-order valence-corrected chi connectivity index (χ4v) is 3.17. The third kappa shape index (κ3) is 4.97. The molecule has 1 heterocycles. The van der Waals surface area contributed by atoms with Gasteiger partial charge in [0.15, 0.2) is 0 Å². The van der Waals surface area contributed by atoms with Crippen LogP contribution in [0.4, 0.5) is 17.2 Å². The van der Waals surface area contributed by atoms with Crippen molar-refractivity contribution in [2.45, 2.75) is 19.8 Å². The first-order valence-electron chi connectivity index (χ1n) is 7.27. The van der Waals surface area contributed by atoms with E-state index in [9.17, 15) is 8.42 Å². The molecular formula is C16H18N4O2S. The maximum absolute atomic E-state index is 11.8. The minimum Gasteiger partial charge on any atom is -0.339 e. The number of hydrogen-bond donors (Lipinski definition) is 2. The molecule has 0 bridgehead atoms. The first-order chi connectivity index (χ1) is 11.0. The number of benzene rings is 1. The zero-order chi connectivity index (χ0) is 16.7. The molecular weight excluding hydrogens is 312 g/mol.